The van der Waals surface area contributed by atoms with Crippen molar-refractivity contribution < 1.29 is 14.6 Å². The molecule has 2 unspecified atom stereocenters. The van der Waals surface area contributed by atoms with E-state index in [1.54, 1.807) is 0 Å². The normalized spacial score (nSPS) is 14.8. The fourth-order valence-electron chi connectivity index (χ4n) is 2.47. The van der Waals surface area contributed by atoms with Gasteiger partial charge in [0.1, 0.15) is 0 Å². The number of ether oxygens (including phenoxy) is 1. The van der Waals surface area contributed by atoms with Gasteiger partial charge >= 0.3 is 5.97 Å². The Morgan fingerprint density at radius 3 is 2.24 bits per heavy atom. The summed E-state index contributed by atoms with van der Waals surface area (Å²) in [5.41, 5.74) is 0.120. The summed E-state index contributed by atoms with van der Waals surface area (Å²) in [5, 5.41) is 9.25. The van der Waals surface area contributed by atoms with E-state index in [0.717, 1.165) is 19.3 Å². The molecule has 0 fully saturated rings. The van der Waals surface area contributed by atoms with Crippen LogP contribution in [0.4, 0.5) is 0 Å². The van der Waals surface area contributed by atoms with Crippen LogP contribution >= 0.6 is 0 Å². The van der Waals surface area contributed by atoms with Crippen molar-refractivity contribution in [2.24, 2.45) is 23.2 Å². The Hall–Kier alpha value is -0.990. The van der Waals surface area contributed by atoms with Gasteiger partial charge in [0.15, 0.2) is 0 Å². The molecule has 0 radical (unpaired) electrons. The second kappa shape index (κ2) is 9.11. The summed E-state index contributed by atoms with van der Waals surface area (Å²) in [7, 11) is 0. The number of aliphatic hydroxyl groups is 1. The van der Waals surface area contributed by atoms with E-state index in [2.05, 4.69) is 48.1 Å². The second-order valence-electron chi connectivity index (χ2n) is 7.62. The molecule has 0 aromatic rings. The number of carbonyl (C=O) groups is 1. The maximum absolute atomic E-state index is 12.3. The number of allylic oxidation sites excluding steroid dienone is 1. The molecule has 0 aromatic heterocycles. The highest BCUT2D eigenvalue weighted by atomic mass is 16.5. The molecule has 3 heteroatoms. The molecule has 21 heavy (non-hydrogen) atoms. The van der Waals surface area contributed by atoms with Crippen molar-refractivity contribution in [1.82, 2.24) is 0 Å². The first-order valence-corrected chi connectivity index (χ1v) is 8.10. The first kappa shape index (κ1) is 20.0. The van der Waals surface area contributed by atoms with Crippen molar-refractivity contribution in [2.45, 2.75) is 67.2 Å². The van der Waals surface area contributed by atoms with E-state index in [0.29, 0.717) is 18.9 Å². The summed E-state index contributed by atoms with van der Waals surface area (Å²) in [5.74, 6) is 0.697. The number of aliphatic hydroxyl groups excluding tert-OH is 1. The minimum absolute atomic E-state index is 0.0436. The van der Waals surface area contributed by atoms with Crippen LogP contribution in [-0.2, 0) is 9.53 Å². The Balaban J connectivity index is 4.34. The zero-order chi connectivity index (χ0) is 16.6. The third kappa shape index (κ3) is 9.54. The van der Waals surface area contributed by atoms with E-state index >= 15 is 0 Å². The molecule has 3 nitrogen and oxygen atoms in total. The highest BCUT2D eigenvalue weighted by Gasteiger charge is 2.28. The summed E-state index contributed by atoms with van der Waals surface area (Å²) in [6.07, 6.45) is 3.16. The van der Waals surface area contributed by atoms with Crippen LogP contribution in [0.25, 0.3) is 0 Å². The average Bonchev–Trinajstić information content (AvgIpc) is 2.32. The topological polar surface area (TPSA) is 46.5 Å². The maximum atomic E-state index is 12.3. The Morgan fingerprint density at radius 2 is 1.86 bits per heavy atom. The van der Waals surface area contributed by atoms with Gasteiger partial charge in [0.05, 0.1) is 18.3 Å². The van der Waals surface area contributed by atoms with Crippen LogP contribution < -0.4 is 0 Å². The van der Waals surface area contributed by atoms with Crippen LogP contribution in [0.3, 0.4) is 0 Å². The monoisotopic (exact) mass is 298 g/mol. The third-order valence-corrected chi connectivity index (χ3v) is 3.81. The Kier molecular flexibility index (Phi) is 8.68. The van der Waals surface area contributed by atoms with Gasteiger partial charge in [-0.05, 0) is 30.1 Å². The van der Waals surface area contributed by atoms with Crippen molar-refractivity contribution in [2.75, 3.05) is 6.61 Å². The third-order valence-electron chi connectivity index (χ3n) is 3.81. The second-order valence-corrected chi connectivity index (χ2v) is 7.62. The molecular formula is C18H34O3. The molecule has 0 aromatic carbocycles. The summed E-state index contributed by atoms with van der Waals surface area (Å²) < 4.78 is 5.48. The fourth-order valence-corrected chi connectivity index (χ4v) is 2.47. The minimum Gasteiger partial charge on any atom is -0.513 e. The molecular weight excluding hydrogens is 264 g/mol. The molecule has 0 aliphatic rings. The Bertz CT molecular complexity index is 326. The van der Waals surface area contributed by atoms with Crippen molar-refractivity contribution in [3.05, 3.63) is 12.3 Å². The fraction of sp³-hybridized carbons (Fsp3) is 0.833. The van der Waals surface area contributed by atoms with Crippen LogP contribution in [0, 0.1) is 23.2 Å². The summed E-state index contributed by atoms with van der Waals surface area (Å²) in [4.78, 5) is 12.3. The number of esters is 1. The SMILES string of the molecule is C=C(O)CC(CC)CCOC(=O)C(CC(C)(C)C)C(C)C. The van der Waals surface area contributed by atoms with Gasteiger partial charge < -0.3 is 9.84 Å². The van der Waals surface area contributed by atoms with Crippen LogP contribution in [0.15, 0.2) is 12.3 Å². The molecule has 0 saturated heterocycles. The molecule has 0 saturated carbocycles. The smallest absolute Gasteiger partial charge is 0.309 e. The Labute approximate surface area is 130 Å². The standard InChI is InChI=1S/C18H34O3/c1-8-15(11-14(4)19)9-10-21-17(20)16(13(2)3)12-18(5,6)7/h13,15-16,19H,4,8-12H2,1-3,5-7H3. The predicted molar refractivity (Wildman–Crippen MR) is 88.1 cm³/mol. The van der Waals surface area contributed by atoms with Gasteiger partial charge in [0.25, 0.3) is 0 Å². The van der Waals surface area contributed by atoms with Gasteiger partial charge in [0, 0.05) is 6.42 Å². The lowest BCUT2D eigenvalue weighted by atomic mass is 9.80. The van der Waals surface area contributed by atoms with E-state index < -0.39 is 0 Å². The predicted octanol–water partition coefficient (Wildman–Crippen LogP) is 5.12. The number of hydrogen-bond acceptors (Lipinski definition) is 3. The summed E-state index contributed by atoms with van der Waals surface area (Å²) in [6.45, 7) is 16.6. The van der Waals surface area contributed by atoms with Gasteiger partial charge in [-0.1, -0.05) is 54.5 Å². The lowest BCUT2D eigenvalue weighted by Crippen LogP contribution is -2.28. The molecule has 0 aliphatic carbocycles. The number of hydrogen-bond donors (Lipinski definition) is 1. The molecule has 0 aliphatic heterocycles. The maximum Gasteiger partial charge on any atom is 0.309 e. The minimum atomic E-state index is -0.0856. The highest BCUT2D eigenvalue weighted by Crippen LogP contribution is 2.30. The molecule has 0 spiro atoms. The molecule has 0 bridgehead atoms. The van der Waals surface area contributed by atoms with Gasteiger partial charge in [0.2, 0.25) is 0 Å². The zero-order valence-electron chi connectivity index (χ0n) is 14.7. The van der Waals surface area contributed by atoms with Gasteiger partial charge in [-0.25, -0.2) is 0 Å². The van der Waals surface area contributed by atoms with Crippen LogP contribution in [0.5, 0.6) is 0 Å². The number of carbonyl (C=O) groups excluding carboxylic acids is 1. The number of rotatable bonds is 9. The van der Waals surface area contributed by atoms with Gasteiger partial charge in [-0.3, -0.25) is 4.79 Å². The molecule has 0 rings (SSSR count). The van der Waals surface area contributed by atoms with Gasteiger partial charge in [-0.2, -0.15) is 0 Å². The lowest BCUT2D eigenvalue weighted by Gasteiger charge is -2.27. The van der Waals surface area contributed by atoms with Crippen LogP contribution in [0.2, 0.25) is 0 Å². The van der Waals surface area contributed by atoms with E-state index in [4.69, 9.17) is 4.74 Å². The van der Waals surface area contributed by atoms with E-state index in [-0.39, 0.29) is 29.0 Å². The summed E-state index contributed by atoms with van der Waals surface area (Å²) in [6, 6.07) is 0. The van der Waals surface area contributed by atoms with Gasteiger partial charge in [-0.15, -0.1) is 0 Å². The van der Waals surface area contributed by atoms with Crippen molar-refractivity contribution in [1.29, 1.82) is 0 Å². The zero-order valence-corrected chi connectivity index (χ0v) is 14.7. The summed E-state index contributed by atoms with van der Waals surface area (Å²) >= 11 is 0. The van der Waals surface area contributed by atoms with Crippen molar-refractivity contribution in [3.8, 4) is 0 Å². The van der Waals surface area contributed by atoms with Crippen molar-refractivity contribution >= 4 is 5.97 Å². The molecule has 2 atom stereocenters. The molecule has 1 N–H and O–H groups in total. The van der Waals surface area contributed by atoms with Crippen LogP contribution in [0.1, 0.15) is 67.2 Å². The highest BCUT2D eigenvalue weighted by molar-refractivity contribution is 5.72. The van der Waals surface area contributed by atoms with E-state index in [1.807, 2.05) is 0 Å². The lowest BCUT2D eigenvalue weighted by molar-refractivity contribution is -0.151. The largest absolute Gasteiger partial charge is 0.513 e. The van der Waals surface area contributed by atoms with E-state index in [9.17, 15) is 9.90 Å². The van der Waals surface area contributed by atoms with Crippen LogP contribution in [-0.4, -0.2) is 17.7 Å². The average molecular weight is 298 g/mol. The quantitative estimate of drug-likeness (QED) is 0.475. The molecule has 124 valence electrons. The van der Waals surface area contributed by atoms with E-state index in [1.165, 1.54) is 0 Å². The first-order valence-electron chi connectivity index (χ1n) is 8.10. The molecule has 0 heterocycles. The first-order chi connectivity index (χ1) is 9.56. The molecule has 0 amide bonds. The Morgan fingerprint density at radius 1 is 1.29 bits per heavy atom. The van der Waals surface area contributed by atoms with Crippen molar-refractivity contribution in [3.63, 3.8) is 0 Å².